The molecule has 0 aliphatic carbocycles. The summed E-state index contributed by atoms with van der Waals surface area (Å²) in [4.78, 5) is 25.1. The van der Waals surface area contributed by atoms with E-state index in [-0.39, 0.29) is 38.0 Å². The van der Waals surface area contributed by atoms with Crippen molar-refractivity contribution in [3.05, 3.63) is 72.9 Å². The van der Waals surface area contributed by atoms with Crippen molar-refractivity contribution in [2.75, 3.05) is 0 Å². The zero-order valence-corrected chi connectivity index (χ0v) is 37.8. The molecule has 2 unspecified atom stereocenters. The topological polar surface area (TPSA) is 320 Å². The van der Waals surface area contributed by atoms with Crippen LogP contribution >= 0.6 is 0 Å². The summed E-state index contributed by atoms with van der Waals surface area (Å²) >= 11 is 0. The van der Waals surface area contributed by atoms with E-state index in [0.29, 0.717) is 0 Å². The van der Waals surface area contributed by atoms with Crippen molar-refractivity contribution in [3.8, 4) is 0 Å². The van der Waals surface area contributed by atoms with Gasteiger partial charge in [-0.25, -0.2) is 0 Å². The van der Waals surface area contributed by atoms with Crippen molar-refractivity contribution in [2.45, 2.75) is 189 Å². The summed E-state index contributed by atoms with van der Waals surface area (Å²) in [6, 6.07) is -1.14. The Balaban J connectivity index is 1.84. The monoisotopic (exact) mass is 926 g/mol. The molecule has 0 aromatic heterocycles. The zero-order chi connectivity index (χ0) is 48.4. The molecule has 65 heavy (non-hydrogen) atoms. The molecule has 2 bridgehead atoms. The van der Waals surface area contributed by atoms with E-state index < -0.39 is 141 Å². The fraction of sp³-hybridized carbons (Fsp3) is 0.702. The Labute approximate surface area is 381 Å². The Bertz CT molecular complexity index is 1620. The maximum absolute atomic E-state index is 12.6. The number of aliphatic carboxylic acids is 1. The highest BCUT2D eigenvalue weighted by Gasteiger charge is 2.51. The van der Waals surface area contributed by atoms with Crippen molar-refractivity contribution in [3.63, 3.8) is 0 Å². The first-order valence-corrected chi connectivity index (χ1v) is 22.6. The van der Waals surface area contributed by atoms with Crippen LogP contribution in [0.5, 0.6) is 0 Å². The number of cyclic esters (lactones) is 1. The second-order valence-corrected chi connectivity index (χ2v) is 17.8. The van der Waals surface area contributed by atoms with Crippen LogP contribution < -0.4 is 5.73 Å². The van der Waals surface area contributed by atoms with Gasteiger partial charge in [0.05, 0.1) is 79.6 Å². The molecule has 18 nitrogen and oxygen atoms in total. The molecular weight excluding hydrogens is 851 g/mol. The smallest absolute Gasteiger partial charge is 0.311 e. The Morgan fingerprint density at radius 3 is 1.94 bits per heavy atom. The van der Waals surface area contributed by atoms with Crippen molar-refractivity contribution in [2.24, 2.45) is 23.5 Å². The fourth-order valence-electron chi connectivity index (χ4n) is 8.11. The summed E-state index contributed by atoms with van der Waals surface area (Å²) in [5.74, 6) is -6.82. The van der Waals surface area contributed by atoms with Gasteiger partial charge in [0, 0.05) is 31.1 Å². The van der Waals surface area contributed by atoms with Gasteiger partial charge in [-0.1, -0.05) is 86.8 Å². The van der Waals surface area contributed by atoms with Gasteiger partial charge in [0.15, 0.2) is 12.1 Å². The maximum atomic E-state index is 12.6. The van der Waals surface area contributed by atoms with E-state index in [1.54, 1.807) is 38.2 Å². The first kappa shape index (κ1) is 56.1. The Hall–Kier alpha value is -3.18. The average molecular weight is 926 g/mol. The van der Waals surface area contributed by atoms with E-state index in [9.17, 15) is 65.8 Å². The number of hydrogen-bond acceptors (Lipinski definition) is 17. The molecule has 3 aliphatic rings. The quantitative estimate of drug-likeness (QED) is 0.175. The minimum Gasteiger partial charge on any atom is -0.481 e. The normalized spacial score (nSPS) is 42.3. The number of hydrogen-bond donors (Lipinski definition) is 12. The number of nitrogens with two attached hydrogens (primary N) is 1. The lowest BCUT2D eigenvalue weighted by Crippen LogP contribution is -2.61. The van der Waals surface area contributed by atoms with Crippen molar-refractivity contribution >= 4 is 11.9 Å². The number of rotatable bonds is 3. The summed E-state index contributed by atoms with van der Waals surface area (Å²) in [7, 11) is 0. The number of carbonyl (C=O) groups is 2. The Morgan fingerprint density at radius 2 is 1.28 bits per heavy atom. The first-order chi connectivity index (χ1) is 30.6. The van der Waals surface area contributed by atoms with E-state index in [2.05, 4.69) is 0 Å². The minimum absolute atomic E-state index is 0.138. The number of carbonyl (C=O) groups excluding carboxylic acids is 1. The summed E-state index contributed by atoms with van der Waals surface area (Å²) in [6.07, 6.45) is 2.28. The van der Waals surface area contributed by atoms with Gasteiger partial charge in [0.25, 0.3) is 0 Å². The van der Waals surface area contributed by atoms with Crippen molar-refractivity contribution in [1.29, 1.82) is 0 Å². The molecule has 2 fully saturated rings. The number of esters is 1. The third-order valence-electron chi connectivity index (χ3n) is 12.2. The van der Waals surface area contributed by atoms with Crippen LogP contribution in [-0.4, -0.2) is 166 Å². The van der Waals surface area contributed by atoms with Crippen LogP contribution in [0.1, 0.15) is 91.9 Å². The first-order valence-electron chi connectivity index (χ1n) is 22.6. The Morgan fingerprint density at radius 1 is 0.692 bits per heavy atom. The van der Waals surface area contributed by atoms with Crippen LogP contribution in [0, 0.1) is 17.8 Å². The van der Waals surface area contributed by atoms with E-state index in [0.717, 1.165) is 12.8 Å². The largest absolute Gasteiger partial charge is 0.481 e. The summed E-state index contributed by atoms with van der Waals surface area (Å²) < 4.78 is 23.2. The van der Waals surface area contributed by atoms with Crippen LogP contribution in [0.3, 0.4) is 0 Å². The predicted molar refractivity (Wildman–Crippen MR) is 237 cm³/mol. The highest BCUT2D eigenvalue weighted by molar-refractivity contribution is 5.71. The summed E-state index contributed by atoms with van der Waals surface area (Å²) in [5, 5.41) is 118. The molecule has 370 valence electrons. The second kappa shape index (κ2) is 27.6. The van der Waals surface area contributed by atoms with Gasteiger partial charge in [-0.3, -0.25) is 9.59 Å². The number of fused-ring (bicyclic) bond motifs is 2. The van der Waals surface area contributed by atoms with Gasteiger partial charge in [-0.15, -0.1) is 0 Å². The van der Waals surface area contributed by atoms with Gasteiger partial charge in [-0.05, 0) is 52.4 Å². The van der Waals surface area contributed by atoms with Crippen LogP contribution in [0.25, 0.3) is 0 Å². The van der Waals surface area contributed by atoms with Gasteiger partial charge in [0.1, 0.15) is 18.1 Å². The van der Waals surface area contributed by atoms with Gasteiger partial charge >= 0.3 is 11.9 Å². The number of aliphatic hydroxyl groups excluding tert-OH is 9. The number of carboxylic acid groups (broad SMARTS) is 1. The zero-order valence-electron chi connectivity index (χ0n) is 37.8. The minimum atomic E-state index is -2.35. The number of ether oxygens (including phenoxy) is 4. The molecule has 3 heterocycles. The van der Waals surface area contributed by atoms with E-state index >= 15 is 0 Å². The SMILES string of the molecule is C[C@@H]1[C@H](O)[C@@H](C)C=CC=CCCC=CC=CC=CC=CC(O[C@@H]2O[C@H](C)[C@@H](O)[C@H](N)[C@@H]2O)C[C@@H]2O[C@@](O)(CC(O)[C@H]2C(=O)O)C[C@H](O)[C@@H](O)CC[C@H](O)C[C@H](O)C[C@H](O)CC(=O)O[C@H]1C. The lowest BCUT2D eigenvalue weighted by molar-refractivity contribution is -0.310. The summed E-state index contributed by atoms with van der Waals surface area (Å²) in [6.45, 7) is 6.78. The lowest BCUT2D eigenvalue weighted by atomic mass is 9.82. The van der Waals surface area contributed by atoms with Crippen LogP contribution in [-0.2, 0) is 28.5 Å². The number of allylic oxidation sites excluding steroid dienone is 10. The molecule has 0 saturated carbocycles. The second-order valence-electron chi connectivity index (χ2n) is 17.8. The predicted octanol–water partition coefficient (Wildman–Crippen LogP) is 0.936. The van der Waals surface area contributed by atoms with E-state index in [1.165, 1.54) is 13.0 Å². The average Bonchev–Trinajstić information content (AvgIpc) is 3.21. The molecule has 3 aliphatic heterocycles. The molecule has 0 aromatic rings. The standard InChI is InChI=1S/C47H75NO17/c1-27-17-15-13-11-9-7-5-6-8-10-12-14-16-18-34(64-46-44(58)41(48)43(57)30(4)63-46)24-38-40(45(59)60)37(54)26-47(61,65-38)25-36(53)35(52)20-19-31(49)21-32(50)22-33(51)23-39(55)62-29(3)28(2)42(27)56/h5-6,8,10-18,27-38,40-44,46,49-54,56-58,61H,7,9,19-26,48H2,1-4H3,(H,59,60)/t27-,28-,29-,30+,31-,32-,33-,34?,35-,36-,37?,38-,40+,41-,42+,43+,44-,46-,47+/m0/s1. The van der Waals surface area contributed by atoms with E-state index in [1.807, 2.05) is 49.5 Å². The Kier molecular flexibility index (Phi) is 23.8. The molecule has 18 heteroatoms. The summed E-state index contributed by atoms with van der Waals surface area (Å²) in [5.41, 5.74) is 6.02. The van der Waals surface area contributed by atoms with Crippen LogP contribution in [0.15, 0.2) is 72.9 Å². The molecule has 3 rings (SSSR count). The molecule has 2 saturated heterocycles. The highest BCUT2D eigenvalue weighted by atomic mass is 16.7. The molecule has 0 radical (unpaired) electrons. The van der Waals surface area contributed by atoms with Gasteiger partial charge < -0.3 is 80.9 Å². The van der Waals surface area contributed by atoms with E-state index in [4.69, 9.17) is 24.7 Å². The van der Waals surface area contributed by atoms with Crippen LogP contribution in [0.4, 0.5) is 0 Å². The van der Waals surface area contributed by atoms with Crippen LogP contribution in [0.2, 0.25) is 0 Å². The molecular formula is C47H75NO17. The third-order valence-corrected chi connectivity index (χ3v) is 12.2. The number of aliphatic hydroxyl groups is 10. The highest BCUT2D eigenvalue weighted by Crippen LogP contribution is 2.38. The lowest BCUT2D eigenvalue weighted by Gasteiger charge is -2.45. The van der Waals surface area contributed by atoms with Crippen molar-refractivity contribution in [1.82, 2.24) is 0 Å². The van der Waals surface area contributed by atoms with Gasteiger partial charge in [0.2, 0.25) is 0 Å². The number of carboxylic acids is 1. The fourth-order valence-corrected chi connectivity index (χ4v) is 8.11. The van der Waals surface area contributed by atoms with Gasteiger partial charge in [-0.2, -0.15) is 0 Å². The molecule has 0 spiro atoms. The molecule has 0 amide bonds. The molecule has 0 aromatic carbocycles. The third kappa shape index (κ3) is 18.8. The maximum Gasteiger partial charge on any atom is 0.311 e. The van der Waals surface area contributed by atoms with Crippen molar-refractivity contribution < 1.29 is 84.7 Å². The molecule has 19 atom stereocenters. The molecule has 13 N–H and O–H groups in total.